The first kappa shape index (κ1) is 11.7. The molecule has 8 heavy (non-hydrogen) atoms. The summed E-state index contributed by atoms with van der Waals surface area (Å²) < 4.78 is 0. The molecule has 0 aromatic heterocycles. The SMILES string of the molecule is CC[PH+](CC)CC.[Ni]. The van der Waals surface area contributed by atoms with Gasteiger partial charge in [0.2, 0.25) is 0 Å². The maximum atomic E-state index is 2.31. The molecule has 0 saturated carbocycles. The fraction of sp³-hybridized carbons (Fsp3) is 1.00. The van der Waals surface area contributed by atoms with Crippen LogP contribution in [-0.4, -0.2) is 18.5 Å². The summed E-state index contributed by atoms with van der Waals surface area (Å²) in [4.78, 5) is 0. The van der Waals surface area contributed by atoms with Crippen molar-refractivity contribution in [1.29, 1.82) is 0 Å². The van der Waals surface area contributed by atoms with Gasteiger partial charge in [0.05, 0.1) is 18.5 Å². The van der Waals surface area contributed by atoms with E-state index in [1.807, 2.05) is 0 Å². The third-order valence-electron chi connectivity index (χ3n) is 1.50. The standard InChI is InChI=1S/C6H15P.Ni/c1-4-7(5-2)6-3;/h4-6H2,1-3H3;/p+1. The van der Waals surface area contributed by atoms with Crippen molar-refractivity contribution in [3.05, 3.63) is 0 Å². The minimum Gasteiger partial charge on any atom is -0.0313 e. The Labute approximate surface area is 64.1 Å². The molecule has 0 fully saturated rings. The average molecular weight is 178 g/mol. The smallest absolute Gasteiger partial charge is 0.0313 e. The average Bonchev–Trinajstić information content (AvgIpc) is 1.72. The molecule has 0 radical (unpaired) electrons. The van der Waals surface area contributed by atoms with E-state index in [0.29, 0.717) is 0 Å². The zero-order valence-electron chi connectivity index (χ0n) is 5.94. The molecule has 0 atom stereocenters. The molecule has 0 aliphatic heterocycles. The van der Waals surface area contributed by atoms with Crippen LogP contribution in [0.1, 0.15) is 20.8 Å². The van der Waals surface area contributed by atoms with Crippen LogP contribution >= 0.6 is 7.92 Å². The minimum atomic E-state index is 0. The van der Waals surface area contributed by atoms with Crippen LogP contribution in [0.4, 0.5) is 0 Å². The van der Waals surface area contributed by atoms with Gasteiger partial charge in [-0.15, -0.1) is 0 Å². The summed E-state index contributed by atoms with van der Waals surface area (Å²) in [5.41, 5.74) is 0. The molecule has 0 N–H and O–H groups in total. The van der Waals surface area contributed by atoms with Crippen LogP contribution in [0, 0.1) is 0 Å². The first-order chi connectivity index (χ1) is 3.35. The van der Waals surface area contributed by atoms with Crippen molar-refractivity contribution < 1.29 is 16.5 Å². The maximum absolute atomic E-state index is 2.31. The topological polar surface area (TPSA) is 0 Å². The maximum Gasteiger partial charge on any atom is 0.0543 e. The van der Waals surface area contributed by atoms with Crippen LogP contribution in [-0.2, 0) is 16.5 Å². The Kier molecular flexibility index (Phi) is 11.6. The Morgan fingerprint density at radius 2 is 1.12 bits per heavy atom. The Hall–Kier alpha value is 0.924. The third kappa shape index (κ3) is 5.07. The van der Waals surface area contributed by atoms with Crippen LogP contribution in [0.25, 0.3) is 0 Å². The Morgan fingerprint density at radius 3 is 1.12 bits per heavy atom. The molecule has 0 unspecified atom stereocenters. The van der Waals surface area contributed by atoms with E-state index in [-0.39, 0.29) is 24.4 Å². The van der Waals surface area contributed by atoms with Gasteiger partial charge in [-0.1, -0.05) is 0 Å². The third-order valence-corrected chi connectivity index (χ3v) is 4.50. The van der Waals surface area contributed by atoms with E-state index in [2.05, 4.69) is 20.8 Å². The predicted octanol–water partition coefficient (Wildman–Crippen LogP) is 2.26. The molecule has 0 saturated heterocycles. The zero-order valence-corrected chi connectivity index (χ0v) is 7.93. The van der Waals surface area contributed by atoms with Crippen LogP contribution in [0.5, 0.6) is 0 Å². The van der Waals surface area contributed by atoms with Gasteiger partial charge in [-0.3, -0.25) is 0 Å². The molecular weight excluding hydrogens is 162 g/mol. The van der Waals surface area contributed by atoms with E-state index in [0.717, 1.165) is 0 Å². The van der Waals surface area contributed by atoms with Crippen molar-refractivity contribution in [3.63, 3.8) is 0 Å². The molecule has 0 aliphatic carbocycles. The van der Waals surface area contributed by atoms with Gasteiger partial charge in [0.15, 0.2) is 0 Å². The molecule has 0 rings (SSSR count). The van der Waals surface area contributed by atoms with Crippen LogP contribution in [0.2, 0.25) is 0 Å². The quantitative estimate of drug-likeness (QED) is 0.459. The predicted molar refractivity (Wildman–Crippen MR) is 39.9 cm³/mol. The van der Waals surface area contributed by atoms with Gasteiger partial charge >= 0.3 is 0 Å². The van der Waals surface area contributed by atoms with Crippen molar-refractivity contribution >= 4 is 7.92 Å². The van der Waals surface area contributed by atoms with Gasteiger partial charge in [0.25, 0.3) is 0 Å². The molecule has 0 amide bonds. The molecule has 2 heteroatoms. The molecule has 0 aliphatic rings. The zero-order chi connectivity index (χ0) is 5.70. The molecule has 0 nitrogen and oxygen atoms in total. The number of hydrogen-bond acceptors (Lipinski definition) is 0. The van der Waals surface area contributed by atoms with Gasteiger partial charge in [-0.25, -0.2) is 0 Å². The van der Waals surface area contributed by atoms with E-state index in [9.17, 15) is 0 Å². The van der Waals surface area contributed by atoms with Crippen LogP contribution in [0.15, 0.2) is 0 Å². The second-order valence-corrected chi connectivity index (χ2v) is 5.43. The summed E-state index contributed by atoms with van der Waals surface area (Å²) in [6, 6.07) is 0. The first-order valence-corrected chi connectivity index (χ1v) is 5.30. The van der Waals surface area contributed by atoms with Gasteiger partial charge in [0, 0.05) is 16.5 Å². The van der Waals surface area contributed by atoms with E-state index in [1.54, 1.807) is 0 Å². The van der Waals surface area contributed by atoms with Gasteiger partial charge in [-0.2, -0.15) is 0 Å². The Morgan fingerprint density at radius 1 is 0.875 bits per heavy atom. The normalized spacial score (nSPS) is 9.00. The molecule has 0 bridgehead atoms. The number of hydrogen-bond donors (Lipinski definition) is 0. The molecule has 0 aromatic carbocycles. The molecule has 54 valence electrons. The van der Waals surface area contributed by atoms with Crippen LogP contribution < -0.4 is 0 Å². The summed E-state index contributed by atoms with van der Waals surface area (Å²) in [6.45, 7) is 6.92. The summed E-state index contributed by atoms with van der Waals surface area (Å²) >= 11 is 0. The van der Waals surface area contributed by atoms with E-state index in [1.165, 1.54) is 18.5 Å². The monoisotopic (exact) mass is 177 g/mol. The Bertz CT molecular complexity index is 30.0. The van der Waals surface area contributed by atoms with Crippen molar-refractivity contribution in [2.75, 3.05) is 18.5 Å². The summed E-state index contributed by atoms with van der Waals surface area (Å²) in [5, 5.41) is 0. The summed E-state index contributed by atoms with van der Waals surface area (Å²) in [6.07, 6.45) is 4.37. The molecule has 0 spiro atoms. The Balaban J connectivity index is 0. The van der Waals surface area contributed by atoms with E-state index < -0.39 is 0 Å². The van der Waals surface area contributed by atoms with Crippen LogP contribution in [0.3, 0.4) is 0 Å². The van der Waals surface area contributed by atoms with E-state index >= 15 is 0 Å². The first-order valence-electron chi connectivity index (χ1n) is 3.18. The fourth-order valence-electron chi connectivity index (χ4n) is 0.750. The minimum absolute atomic E-state index is 0. The fourth-order valence-corrected chi connectivity index (χ4v) is 2.25. The van der Waals surface area contributed by atoms with E-state index in [4.69, 9.17) is 0 Å². The van der Waals surface area contributed by atoms with Crippen molar-refractivity contribution in [2.24, 2.45) is 0 Å². The van der Waals surface area contributed by atoms with Crippen molar-refractivity contribution in [2.45, 2.75) is 20.8 Å². The number of rotatable bonds is 3. The summed E-state index contributed by atoms with van der Waals surface area (Å²) in [7, 11) is 0.137. The molecule has 0 heterocycles. The molecule has 0 aromatic rings. The van der Waals surface area contributed by atoms with Gasteiger partial charge < -0.3 is 0 Å². The van der Waals surface area contributed by atoms with Crippen molar-refractivity contribution in [3.8, 4) is 0 Å². The largest absolute Gasteiger partial charge is 0.0543 e. The second kappa shape index (κ2) is 7.92. The van der Waals surface area contributed by atoms with Gasteiger partial charge in [-0.05, 0) is 28.7 Å². The second-order valence-electron chi connectivity index (χ2n) is 1.81. The molecular formula is C6H16NiP+. The summed E-state index contributed by atoms with van der Waals surface area (Å²) in [5.74, 6) is 0. The van der Waals surface area contributed by atoms with Gasteiger partial charge in [0.1, 0.15) is 0 Å². The van der Waals surface area contributed by atoms with Crippen molar-refractivity contribution in [1.82, 2.24) is 0 Å².